The van der Waals surface area contributed by atoms with Crippen LogP contribution in [0.15, 0.2) is 30.5 Å². The Balaban J connectivity index is 1.16. The second-order valence-corrected chi connectivity index (χ2v) is 8.69. The molecule has 3 aromatic rings. The van der Waals surface area contributed by atoms with Gasteiger partial charge in [0.1, 0.15) is 5.82 Å². The van der Waals surface area contributed by atoms with Gasteiger partial charge in [-0.25, -0.2) is 14.4 Å². The van der Waals surface area contributed by atoms with E-state index >= 15 is 0 Å². The maximum absolute atomic E-state index is 14.6. The van der Waals surface area contributed by atoms with Gasteiger partial charge in [0, 0.05) is 30.3 Å². The first kappa shape index (κ1) is 23.3. The van der Waals surface area contributed by atoms with Gasteiger partial charge in [-0.1, -0.05) is 0 Å². The lowest BCUT2D eigenvalue weighted by Crippen LogP contribution is -2.47. The number of hydrogen-bond acceptors (Lipinski definition) is 9. The van der Waals surface area contributed by atoms with E-state index in [1.165, 1.54) is 13.3 Å². The number of aromatic nitrogens is 3. The molecule has 35 heavy (non-hydrogen) atoms. The Hall–Kier alpha value is -3.41. The Morgan fingerprint density at radius 3 is 2.97 bits per heavy atom. The summed E-state index contributed by atoms with van der Waals surface area (Å²) in [5.41, 5.74) is 8.70. The predicted molar refractivity (Wildman–Crippen MR) is 126 cm³/mol. The van der Waals surface area contributed by atoms with Crippen molar-refractivity contribution >= 4 is 22.8 Å². The fraction of sp³-hybridized carbons (Fsp3) is 0.417. The van der Waals surface area contributed by atoms with Crippen LogP contribution in [-0.4, -0.2) is 59.4 Å². The zero-order chi connectivity index (χ0) is 24.4. The lowest BCUT2D eigenvalue weighted by Gasteiger charge is -2.33. The van der Waals surface area contributed by atoms with E-state index in [4.69, 9.17) is 19.9 Å². The zero-order valence-electron chi connectivity index (χ0n) is 19.3. The SMILES string of the molecule is COc1ccc2ncc(F)c(CC(N)[C@@H]3CC[C@@H](NCc4ccc5c(n4)NC(=O)CO5)CO3)c2n1. The number of nitrogens with two attached hydrogens (primary N) is 1. The highest BCUT2D eigenvalue weighted by atomic mass is 19.1. The van der Waals surface area contributed by atoms with Crippen molar-refractivity contribution in [3.8, 4) is 11.6 Å². The van der Waals surface area contributed by atoms with E-state index in [0.29, 0.717) is 47.2 Å². The second-order valence-electron chi connectivity index (χ2n) is 8.69. The number of anilines is 1. The van der Waals surface area contributed by atoms with Crippen molar-refractivity contribution in [2.75, 3.05) is 25.6 Å². The molecule has 3 atom stereocenters. The summed E-state index contributed by atoms with van der Waals surface area (Å²) in [6.07, 6.45) is 2.87. The molecule has 5 rings (SSSR count). The average molecular weight is 483 g/mol. The third-order valence-corrected chi connectivity index (χ3v) is 6.28. The fourth-order valence-corrected chi connectivity index (χ4v) is 4.37. The molecule has 184 valence electrons. The molecule has 1 fully saturated rings. The standard InChI is InChI=1S/C24H27FN6O4/c1-33-22-7-4-18-23(31-22)15(16(25)10-28-18)8-17(26)19-5-3-14(11-34-19)27-9-13-2-6-20-24(29-13)30-21(32)12-35-20/h2,4,6-7,10,14,17,19,27H,3,5,8-9,11-12,26H2,1H3,(H,29,30,32)/t14-,17?,19+/m1/s1. The van der Waals surface area contributed by atoms with Gasteiger partial charge in [0.25, 0.3) is 5.91 Å². The molecule has 0 radical (unpaired) electrons. The highest BCUT2D eigenvalue weighted by Crippen LogP contribution is 2.26. The molecule has 0 aliphatic carbocycles. The quantitative estimate of drug-likeness (QED) is 0.460. The Morgan fingerprint density at radius 2 is 2.17 bits per heavy atom. The van der Waals surface area contributed by atoms with Gasteiger partial charge in [-0.2, -0.15) is 0 Å². The van der Waals surface area contributed by atoms with Crippen LogP contribution in [0.4, 0.5) is 10.2 Å². The molecule has 1 amide bonds. The molecular weight excluding hydrogens is 455 g/mol. The molecule has 3 aromatic heterocycles. The summed E-state index contributed by atoms with van der Waals surface area (Å²) in [5, 5.41) is 6.15. The Labute approximate surface area is 201 Å². The Kier molecular flexibility index (Phi) is 6.71. The summed E-state index contributed by atoms with van der Waals surface area (Å²) in [5.74, 6) is 0.745. The molecule has 5 heterocycles. The molecule has 1 unspecified atom stereocenters. The zero-order valence-corrected chi connectivity index (χ0v) is 19.3. The molecule has 0 bridgehead atoms. The number of nitrogens with one attached hydrogen (secondary N) is 2. The van der Waals surface area contributed by atoms with E-state index in [-0.39, 0.29) is 31.1 Å². The van der Waals surface area contributed by atoms with Crippen LogP contribution in [0.5, 0.6) is 11.6 Å². The molecule has 2 aliphatic heterocycles. The number of carbonyl (C=O) groups is 1. The number of methoxy groups -OCH3 is 1. The lowest BCUT2D eigenvalue weighted by atomic mass is 9.94. The van der Waals surface area contributed by atoms with E-state index in [9.17, 15) is 9.18 Å². The first-order valence-corrected chi connectivity index (χ1v) is 11.5. The summed E-state index contributed by atoms with van der Waals surface area (Å²) in [6.45, 7) is 1.01. The maximum Gasteiger partial charge on any atom is 0.263 e. The largest absolute Gasteiger partial charge is 0.481 e. The van der Waals surface area contributed by atoms with Crippen LogP contribution in [0, 0.1) is 5.82 Å². The molecular formula is C24H27FN6O4. The summed E-state index contributed by atoms with van der Waals surface area (Å²) in [4.78, 5) is 24.4. The average Bonchev–Trinajstić information content (AvgIpc) is 2.88. The fourth-order valence-electron chi connectivity index (χ4n) is 4.37. The summed E-state index contributed by atoms with van der Waals surface area (Å²) >= 11 is 0. The number of amides is 1. The van der Waals surface area contributed by atoms with Crippen molar-refractivity contribution < 1.29 is 23.4 Å². The molecule has 0 aromatic carbocycles. The normalized spacial score (nSPS) is 20.6. The van der Waals surface area contributed by atoms with Gasteiger partial charge in [0.15, 0.2) is 18.2 Å². The van der Waals surface area contributed by atoms with E-state index in [1.54, 1.807) is 18.2 Å². The van der Waals surface area contributed by atoms with Gasteiger partial charge in [0.05, 0.1) is 42.7 Å². The van der Waals surface area contributed by atoms with Crippen LogP contribution in [0.1, 0.15) is 24.1 Å². The van der Waals surface area contributed by atoms with Crippen LogP contribution in [0.2, 0.25) is 0 Å². The maximum atomic E-state index is 14.6. The summed E-state index contributed by atoms with van der Waals surface area (Å²) in [7, 11) is 1.51. The number of rotatable bonds is 7. The van der Waals surface area contributed by atoms with Gasteiger partial charge >= 0.3 is 0 Å². The Bertz CT molecular complexity index is 1230. The van der Waals surface area contributed by atoms with Crippen molar-refractivity contribution in [3.05, 3.63) is 47.5 Å². The van der Waals surface area contributed by atoms with Crippen LogP contribution < -0.4 is 25.8 Å². The minimum absolute atomic E-state index is 0.00369. The van der Waals surface area contributed by atoms with Crippen molar-refractivity contribution in [3.63, 3.8) is 0 Å². The molecule has 2 aliphatic rings. The smallest absolute Gasteiger partial charge is 0.263 e. The number of pyridine rings is 3. The molecule has 0 spiro atoms. The third-order valence-electron chi connectivity index (χ3n) is 6.28. The van der Waals surface area contributed by atoms with Crippen LogP contribution >= 0.6 is 0 Å². The lowest BCUT2D eigenvalue weighted by molar-refractivity contribution is -0.118. The Morgan fingerprint density at radius 1 is 1.29 bits per heavy atom. The topological polar surface area (TPSA) is 134 Å². The van der Waals surface area contributed by atoms with Gasteiger partial charge in [-0.05, 0) is 37.5 Å². The first-order valence-electron chi connectivity index (χ1n) is 11.5. The molecule has 4 N–H and O–H groups in total. The van der Waals surface area contributed by atoms with Gasteiger partial charge in [-0.15, -0.1) is 0 Å². The molecule has 0 saturated carbocycles. The molecule has 11 heteroatoms. The van der Waals surface area contributed by atoms with Crippen molar-refractivity contribution in [2.45, 2.75) is 44.0 Å². The highest BCUT2D eigenvalue weighted by molar-refractivity contribution is 5.94. The number of hydrogen-bond donors (Lipinski definition) is 3. The first-order chi connectivity index (χ1) is 17.0. The third kappa shape index (κ3) is 5.16. The second kappa shape index (κ2) is 10.1. The highest BCUT2D eigenvalue weighted by Gasteiger charge is 2.28. The minimum Gasteiger partial charge on any atom is -0.481 e. The van der Waals surface area contributed by atoms with Gasteiger partial charge in [-0.3, -0.25) is 9.78 Å². The van der Waals surface area contributed by atoms with E-state index < -0.39 is 11.9 Å². The van der Waals surface area contributed by atoms with Crippen molar-refractivity contribution in [1.82, 2.24) is 20.3 Å². The van der Waals surface area contributed by atoms with E-state index in [1.807, 2.05) is 6.07 Å². The van der Waals surface area contributed by atoms with Crippen LogP contribution in [-0.2, 0) is 22.5 Å². The van der Waals surface area contributed by atoms with E-state index in [0.717, 1.165) is 18.5 Å². The number of ether oxygens (including phenoxy) is 3. The van der Waals surface area contributed by atoms with Crippen LogP contribution in [0.3, 0.4) is 0 Å². The minimum atomic E-state index is -0.441. The number of nitrogens with zero attached hydrogens (tertiary/aromatic N) is 3. The number of fused-ring (bicyclic) bond motifs is 2. The molecule has 10 nitrogen and oxygen atoms in total. The van der Waals surface area contributed by atoms with Crippen molar-refractivity contribution in [1.29, 1.82) is 0 Å². The van der Waals surface area contributed by atoms with Crippen molar-refractivity contribution in [2.24, 2.45) is 5.73 Å². The summed E-state index contributed by atoms with van der Waals surface area (Å²) < 4.78 is 31.2. The summed E-state index contributed by atoms with van der Waals surface area (Å²) in [6, 6.07) is 6.85. The van der Waals surface area contributed by atoms with Gasteiger partial charge < -0.3 is 30.6 Å². The molecule has 1 saturated heterocycles. The number of carbonyl (C=O) groups excluding carboxylic acids is 1. The predicted octanol–water partition coefficient (Wildman–Crippen LogP) is 1.71. The van der Waals surface area contributed by atoms with E-state index in [2.05, 4.69) is 25.6 Å². The monoisotopic (exact) mass is 482 g/mol. The van der Waals surface area contributed by atoms with Gasteiger partial charge in [0.2, 0.25) is 5.88 Å². The van der Waals surface area contributed by atoms with Crippen LogP contribution in [0.25, 0.3) is 11.0 Å². The number of halogens is 1.